The monoisotopic (exact) mass is 409 g/mol. The molecule has 0 aliphatic carbocycles. The number of rotatable bonds is 5. The van der Waals surface area contributed by atoms with Gasteiger partial charge in [0.1, 0.15) is 11.6 Å². The summed E-state index contributed by atoms with van der Waals surface area (Å²) in [5, 5.41) is 16.4. The van der Waals surface area contributed by atoms with Gasteiger partial charge in [0.25, 0.3) is 10.0 Å². The number of hydrogen-bond acceptors (Lipinski definition) is 5. The molecule has 2 amide bonds. The number of amides is 2. The number of benzene rings is 2. The van der Waals surface area contributed by atoms with Crippen LogP contribution in [-0.2, 0) is 16.4 Å². The third-order valence-electron chi connectivity index (χ3n) is 4.20. The number of aromatic nitrogens is 2. The first kappa shape index (κ1) is 20.1. The van der Waals surface area contributed by atoms with Crippen molar-refractivity contribution in [3.63, 3.8) is 0 Å². The standard InChI is InChI=1S/C20H19N5O3S/c1-3-18-17(13-21)19(25(23-18)15-7-5-4-6-8-15)22-20(26)24-29(27,28)16-11-9-14(2)10-12-16/h4-12H,3H2,1-2H3,(H2,22,24,26). The zero-order chi connectivity index (χ0) is 21.0. The maximum absolute atomic E-state index is 12.5. The Balaban J connectivity index is 1.93. The minimum atomic E-state index is -4.07. The molecule has 1 aromatic heterocycles. The largest absolute Gasteiger partial charge is 0.334 e. The smallest absolute Gasteiger partial charge is 0.290 e. The van der Waals surface area contributed by atoms with Crippen LogP contribution in [-0.4, -0.2) is 24.2 Å². The Morgan fingerprint density at radius 3 is 2.38 bits per heavy atom. The van der Waals surface area contributed by atoms with E-state index >= 15 is 0 Å². The van der Waals surface area contributed by atoms with E-state index in [2.05, 4.69) is 10.4 Å². The zero-order valence-corrected chi connectivity index (χ0v) is 16.7. The van der Waals surface area contributed by atoms with Gasteiger partial charge in [-0.15, -0.1) is 0 Å². The van der Waals surface area contributed by atoms with E-state index in [0.717, 1.165) is 5.56 Å². The number of sulfonamides is 1. The van der Waals surface area contributed by atoms with E-state index in [1.807, 2.05) is 30.7 Å². The predicted molar refractivity (Wildman–Crippen MR) is 108 cm³/mol. The van der Waals surface area contributed by atoms with Crippen molar-refractivity contribution in [1.29, 1.82) is 5.26 Å². The van der Waals surface area contributed by atoms with E-state index in [-0.39, 0.29) is 16.3 Å². The summed E-state index contributed by atoms with van der Waals surface area (Å²) in [7, 11) is -4.07. The molecule has 9 heteroatoms. The Kier molecular flexibility index (Phi) is 5.66. The first-order valence-corrected chi connectivity index (χ1v) is 10.3. The van der Waals surface area contributed by atoms with Crippen LogP contribution in [0.5, 0.6) is 0 Å². The maximum Gasteiger partial charge on any atom is 0.334 e. The van der Waals surface area contributed by atoms with E-state index in [4.69, 9.17) is 0 Å². The van der Waals surface area contributed by atoms with Gasteiger partial charge in [0.05, 0.1) is 16.3 Å². The number of nitrogens with one attached hydrogen (secondary N) is 2. The van der Waals surface area contributed by atoms with Crippen LogP contribution >= 0.6 is 0 Å². The fraction of sp³-hybridized carbons (Fsp3) is 0.150. The van der Waals surface area contributed by atoms with E-state index in [1.54, 1.807) is 36.4 Å². The summed E-state index contributed by atoms with van der Waals surface area (Å²) in [6.07, 6.45) is 0.473. The summed E-state index contributed by atoms with van der Waals surface area (Å²) < 4.78 is 28.3. The number of hydrogen-bond donors (Lipinski definition) is 2. The highest BCUT2D eigenvalue weighted by molar-refractivity contribution is 7.90. The molecule has 2 aromatic carbocycles. The second kappa shape index (κ2) is 8.16. The average molecular weight is 409 g/mol. The van der Waals surface area contributed by atoms with Gasteiger partial charge in [0.2, 0.25) is 0 Å². The highest BCUT2D eigenvalue weighted by Crippen LogP contribution is 2.24. The second-order valence-electron chi connectivity index (χ2n) is 6.26. The predicted octanol–water partition coefficient (Wildman–Crippen LogP) is 3.13. The van der Waals surface area contributed by atoms with Crippen LogP contribution in [0.25, 0.3) is 5.69 Å². The van der Waals surface area contributed by atoms with Crippen molar-refractivity contribution in [1.82, 2.24) is 14.5 Å². The molecule has 0 saturated heterocycles. The molecule has 0 bridgehead atoms. The average Bonchev–Trinajstić information content (AvgIpc) is 3.05. The molecule has 148 valence electrons. The highest BCUT2D eigenvalue weighted by atomic mass is 32.2. The van der Waals surface area contributed by atoms with Gasteiger partial charge in [-0.25, -0.2) is 22.6 Å². The van der Waals surface area contributed by atoms with Crippen molar-refractivity contribution in [3.05, 3.63) is 71.4 Å². The lowest BCUT2D eigenvalue weighted by Crippen LogP contribution is -2.35. The first-order chi connectivity index (χ1) is 13.9. The number of aryl methyl sites for hydroxylation is 2. The molecular weight excluding hydrogens is 390 g/mol. The Bertz CT molecular complexity index is 1180. The molecule has 8 nitrogen and oxygen atoms in total. The Labute approximate surface area is 168 Å². The van der Waals surface area contributed by atoms with Gasteiger partial charge in [-0.3, -0.25) is 5.32 Å². The van der Waals surface area contributed by atoms with Gasteiger partial charge in [0, 0.05) is 0 Å². The van der Waals surface area contributed by atoms with Crippen LogP contribution in [0.1, 0.15) is 23.7 Å². The number of anilines is 1. The lowest BCUT2D eigenvalue weighted by Gasteiger charge is -2.11. The van der Waals surface area contributed by atoms with Crippen LogP contribution in [0.15, 0.2) is 59.5 Å². The summed E-state index contributed by atoms with van der Waals surface area (Å²) in [5.41, 5.74) is 2.19. The quantitative estimate of drug-likeness (QED) is 0.671. The first-order valence-electron chi connectivity index (χ1n) is 8.83. The van der Waals surface area contributed by atoms with Crippen molar-refractivity contribution in [3.8, 4) is 11.8 Å². The summed E-state index contributed by atoms with van der Waals surface area (Å²) >= 11 is 0. The van der Waals surface area contributed by atoms with Crippen LogP contribution in [0.2, 0.25) is 0 Å². The van der Waals surface area contributed by atoms with Gasteiger partial charge < -0.3 is 0 Å². The Morgan fingerprint density at radius 2 is 1.79 bits per heavy atom. The minimum absolute atomic E-state index is 0.0374. The normalized spacial score (nSPS) is 10.9. The van der Waals surface area contributed by atoms with Crippen molar-refractivity contribution in [2.75, 3.05) is 5.32 Å². The van der Waals surface area contributed by atoms with Crippen LogP contribution in [0, 0.1) is 18.3 Å². The fourth-order valence-corrected chi connectivity index (χ4v) is 3.64. The third kappa shape index (κ3) is 4.28. The molecule has 0 unspecified atom stereocenters. The molecule has 29 heavy (non-hydrogen) atoms. The molecule has 0 atom stereocenters. The summed E-state index contributed by atoms with van der Waals surface area (Å²) in [6, 6.07) is 16.1. The van der Waals surface area contributed by atoms with Crippen LogP contribution < -0.4 is 10.0 Å². The van der Waals surface area contributed by atoms with Gasteiger partial charge >= 0.3 is 6.03 Å². The minimum Gasteiger partial charge on any atom is -0.290 e. The van der Waals surface area contributed by atoms with Crippen LogP contribution in [0.4, 0.5) is 10.6 Å². The molecule has 3 aromatic rings. The fourth-order valence-electron chi connectivity index (χ4n) is 2.73. The Hall–Kier alpha value is -3.64. The molecule has 0 aliphatic rings. The maximum atomic E-state index is 12.5. The number of carbonyl (C=O) groups is 1. The number of nitrogens with zero attached hydrogens (tertiary/aromatic N) is 3. The van der Waals surface area contributed by atoms with E-state index in [0.29, 0.717) is 17.8 Å². The van der Waals surface area contributed by atoms with Crippen LogP contribution in [0.3, 0.4) is 0 Å². The van der Waals surface area contributed by atoms with Gasteiger partial charge in [-0.2, -0.15) is 10.4 Å². The van der Waals surface area contributed by atoms with E-state index in [1.165, 1.54) is 16.8 Å². The number of nitriles is 1. The molecule has 1 heterocycles. The SMILES string of the molecule is CCc1nn(-c2ccccc2)c(NC(=O)NS(=O)(=O)c2ccc(C)cc2)c1C#N. The molecule has 0 fully saturated rings. The van der Waals surface area contributed by atoms with Gasteiger partial charge in [0.15, 0.2) is 5.82 Å². The van der Waals surface area contributed by atoms with Crippen molar-refractivity contribution < 1.29 is 13.2 Å². The van der Waals surface area contributed by atoms with Crippen molar-refractivity contribution >= 4 is 21.9 Å². The third-order valence-corrected chi connectivity index (χ3v) is 5.54. The summed E-state index contributed by atoms with van der Waals surface area (Å²) in [6.45, 7) is 3.67. The number of para-hydroxylation sites is 1. The lowest BCUT2D eigenvalue weighted by atomic mass is 10.2. The molecule has 3 rings (SSSR count). The second-order valence-corrected chi connectivity index (χ2v) is 7.94. The lowest BCUT2D eigenvalue weighted by molar-refractivity contribution is 0.256. The number of urea groups is 1. The molecule has 0 saturated carbocycles. The molecule has 0 spiro atoms. The van der Waals surface area contributed by atoms with Crippen molar-refractivity contribution in [2.45, 2.75) is 25.2 Å². The molecular formula is C20H19N5O3S. The zero-order valence-electron chi connectivity index (χ0n) is 15.9. The molecule has 0 aliphatic heterocycles. The van der Waals surface area contributed by atoms with E-state index < -0.39 is 16.1 Å². The van der Waals surface area contributed by atoms with E-state index in [9.17, 15) is 18.5 Å². The summed E-state index contributed by atoms with van der Waals surface area (Å²) in [4.78, 5) is 12.4. The van der Waals surface area contributed by atoms with Gasteiger partial charge in [-0.05, 0) is 37.6 Å². The molecule has 0 radical (unpaired) electrons. The number of carbonyl (C=O) groups excluding carboxylic acids is 1. The summed E-state index contributed by atoms with van der Waals surface area (Å²) in [5.74, 6) is 0.104. The highest BCUT2D eigenvalue weighted by Gasteiger charge is 2.23. The van der Waals surface area contributed by atoms with Gasteiger partial charge in [-0.1, -0.05) is 42.8 Å². The molecule has 2 N–H and O–H groups in total. The van der Waals surface area contributed by atoms with Crippen molar-refractivity contribution in [2.24, 2.45) is 0 Å². The Morgan fingerprint density at radius 1 is 1.14 bits per heavy atom. The topological polar surface area (TPSA) is 117 Å².